The first-order valence-corrected chi connectivity index (χ1v) is 31.8. The molecule has 0 saturated carbocycles. The number of hydrogen-bond acceptors (Lipinski definition) is 15. The van der Waals surface area contributed by atoms with Crippen molar-refractivity contribution >= 4 is 28.3 Å². The lowest BCUT2D eigenvalue weighted by Gasteiger charge is -2.51. The lowest BCUT2D eigenvalue weighted by molar-refractivity contribution is -0.316. The number of aliphatic hydroxyl groups is 2. The zero-order valence-corrected chi connectivity index (χ0v) is 47.3. The molecule has 0 aromatic carbocycles. The maximum Gasteiger partial charge on any atom is 0.311 e. The lowest BCUT2D eigenvalue weighted by atomic mass is 9.73. The van der Waals surface area contributed by atoms with Gasteiger partial charge in [-0.3, -0.25) is 4.79 Å². The number of rotatable bonds is 14. The van der Waals surface area contributed by atoms with Crippen LogP contribution in [0, 0.1) is 23.7 Å². The van der Waals surface area contributed by atoms with Crippen LogP contribution in [-0.4, -0.2) is 162 Å². The topological polar surface area (TPSA) is 165 Å². The van der Waals surface area contributed by atoms with E-state index in [9.17, 15) is 15.0 Å². The standard InChI is InChI=1S/C51H92N2O13Si2/c1-21-39-51(10,56)44(54)33(4)41(52-64-37-26-24-22-23-25-27-37)31(2)29-49(8,57-13)45(63-48-43(65-67(15,16)17)38(53(11)12)28-32(3)59-48)34(5)42(35(6)47(55)61-39)62-40-30-50(9,58-14)46(36(7)60-40)66-68(18,19)20/h22-27,31-40,42-46,48,54,56H,21,28-30H2,1-20H3/b52-41+/t31-,32+,33-,34-,35+,36-,38-,39+,40-,42-,43+,44+,45+,46-,48-,49?,50+,51+/m0/s1. The quantitative estimate of drug-likeness (QED) is 0.0977. The van der Waals surface area contributed by atoms with Gasteiger partial charge in [0, 0.05) is 44.4 Å². The highest BCUT2D eigenvalue weighted by atomic mass is 28.4. The lowest BCUT2D eigenvalue weighted by Crippen LogP contribution is -2.63. The fourth-order valence-electron chi connectivity index (χ4n) is 10.6. The first-order valence-electron chi connectivity index (χ1n) is 25.0. The molecule has 0 radical (unpaired) electrons. The molecule has 3 fully saturated rings. The zero-order chi connectivity index (χ0) is 51.3. The first kappa shape index (κ1) is 58.7. The third kappa shape index (κ3) is 14.7. The van der Waals surface area contributed by atoms with Crippen LogP contribution in [0.25, 0.3) is 0 Å². The Hall–Kier alpha value is -1.85. The van der Waals surface area contributed by atoms with E-state index in [4.69, 9.17) is 52.0 Å². The van der Waals surface area contributed by atoms with Crippen molar-refractivity contribution in [2.24, 2.45) is 28.8 Å². The molecular weight excluding hydrogens is 905 g/mol. The molecule has 0 aromatic rings. The molecular formula is C51H92N2O13Si2. The summed E-state index contributed by atoms with van der Waals surface area (Å²) in [4.78, 5) is 23.2. The van der Waals surface area contributed by atoms with Crippen LogP contribution in [0.5, 0.6) is 0 Å². The van der Waals surface area contributed by atoms with E-state index in [1.165, 1.54) is 6.92 Å². The SMILES string of the molecule is CC[C@H]1OC(=O)[C@H](C)[C@@H](O[C@H]2C[C@@](C)(OC)[C@@H](O[Si](C)(C)C)[C@H](C)O2)[C@H](C)[C@@H](O[C@@H]2O[C@H](C)C[C@H](N(C)C)[C@H]2O[Si](C)(C)C)C(C)(OC)C[C@H](C)/C(=N\OC2C=CC=CC=C2)[C@H](C)[C@@H](O)[C@]1(C)O. The third-order valence-corrected chi connectivity index (χ3v) is 16.4. The van der Waals surface area contributed by atoms with Gasteiger partial charge in [0.05, 0.1) is 59.5 Å². The number of methoxy groups -OCH3 is 2. The maximum atomic E-state index is 14.8. The average molecular weight is 997 g/mol. The minimum atomic E-state index is -2.20. The second kappa shape index (κ2) is 23.8. The number of likely N-dealkylation sites (N-methyl/N-ethyl adjacent to an activating group) is 1. The van der Waals surface area contributed by atoms with E-state index in [2.05, 4.69) is 58.3 Å². The van der Waals surface area contributed by atoms with Gasteiger partial charge < -0.3 is 62.0 Å². The van der Waals surface area contributed by atoms with Crippen molar-refractivity contribution < 1.29 is 61.9 Å². The summed E-state index contributed by atoms with van der Waals surface area (Å²) >= 11 is 0. The smallest absolute Gasteiger partial charge is 0.311 e. The van der Waals surface area contributed by atoms with E-state index < -0.39 is 118 Å². The molecule has 15 nitrogen and oxygen atoms in total. The number of carbonyl (C=O) groups excluding carboxylic acids is 1. The number of ether oxygens (including phenoxy) is 7. The van der Waals surface area contributed by atoms with Crippen molar-refractivity contribution in [3.05, 3.63) is 36.5 Å². The van der Waals surface area contributed by atoms with Gasteiger partial charge in [-0.05, 0) is 126 Å². The van der Waals surface area contributed by atoms with E-state index >= 15 is 0 Å². The van der Waals surface area contributed by atoms with Crippen molar-refractivity contribution in [2.45, 2.75) is 225 Å². The van der Waals surface area contributed by atoms with Gasteiger partial charge in [0.2, 0.25) is 0 Å². The highest BCUT2D eigenvalue weighted by molar-refractivity contribution is 6.70. The third-order valence-electron chi connectivity index (χ3n) is 14.4. The van der Waals surface area contributed by atoms with Crippen molar-refractivity contribution in [2.75, 3.05) is 28.3 Å². The van der Waals surface area contributed by atoms with Crippen LogP contribution in [0.15, 0.2) is 41.6 Å². The zero-order valence-electron chi connectivity index (χ0n) is 45.3. The number of oxime groups is 1. The summed E-state index contributed by atoms with van der Waals surface area (Å²) in [5.74, 6) is -3.40. The van der Waals surface area contributed by atoms with Crippen LogP contribution in [0.3, 0.4) is 0 Å². The molecule has 2 N–H and O–H groups in total. The fraction of sp³-hybridized carbons (Fsp3) is 0.843. The number of aliphatic hydroxyl groups excluding tert-OH is 1. The molecule has 1 aliphatic carbocycles. The van der Waals surface area contributed by atoms with Gasteiger partial charge in [-0.1, -0.05) is 57.2 Å². The second-order valence-electron chi connectivity index (χ2n) is 22.9. The minimum Gasteiger partial charge on any atom is -0.459 e. The summed E-state index contributed by atoms with van der Waals surface area (Å²) in [5.41, 5.74) is -3.37. The van der Waals surface area contributed by atoms with E-state index in [1.54, 1.807) is 28.1 Å². The molecule has 3 aliphatic heterocycles. The summed E-state index contributed by atoms with van der Waals surface area (Å²) < 4.78 is 61.1. The molecule has 18 atom stereocenters. The summed E-state index contributed by atoms with van der Waals surface area (Å²) in [6.07, 6.45) is 4.95. The van der Waals surface area contributed by atoms with Crippen LogP contribution in [0.4, 0.5) is 0 Å². The summed E-state index contributed by atoms with van der Waals surface area (Å²) in [6, 6.07) is -0.0348. The molecule has 1 unspecified atom stereocenters. The number of carbonyl (C=O) groups is 1. The molecule has 0 spiro atoms. The van der Waals surface area contributed by atoms with Gasteiger partial charge >= 0.3 is 5.97 Å². The Morgan fingerprint density at radius 1 is 0.794 bits per heavy atom. The minimum absolute atomic E-state index is 0.0348. The first-order chi connectivity index (χ1) is 31.4. The fourth-order valence-corrected chi connectivity index (χ4v) is 12.9. The predicted octanol–water partition coefficient (Wildman–Crippen LogP) is 8.01. The molecule has 3 heterocycles. The molecule has 4 aliphatic rings. The van der Waals surface area contributed by atoms with E-state index in [1.807, 2.05) is 84.9 Å². The largest absolute Gasteiger partial charge is 0.459 e. The van der Waals surface area contributed by atoms with Crippen molar-refractivity contribution in [1.29, 1.82) is 0 Å². The average Bonchev–Trinajstić information content (AvgIpc) is 3.52. The normalized spacial score (nSPS) is 42.5. The van der Waals surface area contributed by atoms with Gasteiger partial charge in [-0.15, -0.1) is 0 Å². The van der Waals surface area contributed by atoms with E-state index in [0.29, 0.717) is 18.6 Å². The number of hydrogen-bond donors (Lipinski definition) is 2. The molecule has 0 bridgehead atoms. The Balaban J connectivity index is 1.97. The van der Waals surface area contributed by atoms with Crippen LogP contribution in [0.1, 0.15) is 94.9 Å². The van der Waals surface area contributed by atoms with Crippen LogP contribution >= 0.6 is 0 Å². The van der Waals surface area contributed by atoms with Crippen LogP contribution < -0.4 is 0 Å². The number of cyclic esters (lactones) is 1. The molecule has 68 heavy (non-hydrogen) atoms. The van der Waals surface area contributed by atoms with Gasteiger partial charge in [0.1, 0.15) is 17.8 Å². The predicted molar refractivity (Wildman–Crippen MR) is 270 cm³/mol. The second-order valence-corrected chi connectivity index (χ2v) is 31.8. The summed E-state index contributed by atoms with van der Waals surface area (Å²) in [7, 11) is 3.19. The van der Waals surface area contributed by atoms with Gasteiger partial charge in [-0.2, -0.15) is 0 Å². The van der Waals surface area contributed by atoms with Crippen LogP contribution in [-0.2, 0) is 51.6 Å². The van der Waals surface area contributed by atoms with Crippen molar-refractivity contribution in [1.82, 2.24) is 4.90 Å². The summed E-state index contributed by atoms with van der Waals surface area (Å²) in [6.45, 7) is 31.8. The molecule has 0 amide bonds. The Morgan fingerprint density at radius 2 is 1.37 bits per heavy atom. The van der Waals surface area contributed by atoms with Gasteiger partial charge in [0.15, 0.2) is 35.3 Å². The number of allylic oxidation sites excluding steroid dienone is 4. The highest BCUT2D eigenvalue weighted by Gasteiger charge is 2.55. The molecule has 17 heteroatoms. The number of nitrogens with zero attached hydrogens (tertiary/aromatic N) is 2. The van der Waals surface area contributed by atoms with Gasteiger partial charge in [0.25, 0.3) is 0 Å². The molecule has 4 rings (SSSR count). The Labute approximate surface area is 411 Å². The Bertz CT molecular complexity index is 1730. The highest BCUT2D eigenvalue weighted by Crippen LogP contribution is 2.43. The van der Waals surface area contributed by atoms with Crippen molar-refractivity contribution in [3.8, 4) is 0 Å². The van der Waals surface area contributed by atoms with Gasteiger partial charge in [-0.25, -0.2) is 0 Å². The molecule has 392 valence electrons. The Morgan fingerprint density at radius 3 is 1.90 bits per heavy atom. The Kier molecular flexibility index (Phi) is 20.5. The van der Waals surface area contributed by atoms with Crippen molar-refractivity contribution in [3.63, 3.8) is 0 Å². The van der Waals surface area contributed by atoms with E-state index in [-0.39, 0.29) is 24.7 Å². The summed E-state index contributed by atoms with van der Waals surface area (Å²) in [5, 5.41) is 29.3. The molecule has 0 aromatic heterocycles. The monoisotopic (exact) mass is 997 g/mol. The van der Waals surface area contributed by atoms with Crippen LogP contribution in [0.2, 0.25) is 39.3 Å². The van der Waals surface area contributed by atoms with E-state index in [0.717, 1.165) is 6.42 Å². The number of esters is 1. The molecule has 3 saturated heterocycles. The maximum absolute atomic E-state index is 14.8.